The maximum absolute atomic E-state index is 10.1. The molecule has 0 spiro atoms. The number of hydrogen-bond donors (Lipinski definition) is 3. The van der Waals surface area contributed by atoms with E-state index >= 15 is 0 Å². The van der Waals surface area contributed by atoms with Crippen LogP contribution in [-0.2, 0) is 11.3 Å². The molecule has 0 aliphatic carbocycles. The number of aryl methyl sites for hydroxylation is 1. The van der Waals surface area contributed by atoms with Gasteiger partial charge in [0.15, 0.2) is 5.96 Å². The smallest absolute Gasteiger partial charge is 0.191 e. The van der Waals surface area contributed by atoms with Gasteiger partial charge in [-0.25, -0.2) is 4.99 Å². The van der Waals surface area contributed by atoms with Crippen LogP contribution in [0.25, 0.3) is 0 Å². The fraction of sp³-hybridized carbons (Fsp3) is 0.458. The first kappa shape index (κ1) is 22.0. The standard InChI is InChI=1S/C24H33N3O3/c1-4-25-24(27-16-20-14-21(29-3)11-12-22(20)28)26-15-19-6-5-13-30-23(19)18-9-7-17(2)8-10-18/h7-12,14,19,23,28H,4-6,13,15-16H2,1-3H3,(H2,25,26,27). The lowest BCUT2D eigenvalue weighted by Crippen LogP contribution is -2.42. The average molecular weight is 412 g/mol. The molecule has 2 unspecified atom stereocenters. The van der Waals surface area contributed by atoms with E-state index in [0.717, 1.165) is 44.1 Å². The number of methoxy groups -OCH3 is 1. The predicted octanol–water partition coefficient (Wildman–Crippen LogP) is 3.93. The van der Waals surface area contributed by atoms with Gasteiger partial charge in [-0.1, -0.05) is 29.8 Å². The van der Waals surface area contributed by atoms with Gasteiger partial charge >= 0.3 is 0 Å². The maximum Gasteiger partial charge on any atom is 0.191 e. The summed E-state index contributed by atoms with van der Waals surface area (Å²) >= 11 is 0. The SMILES string of the molecule is CCNC(=NCc1cc(OC)ccc1O)NCC1CCCOC1c1ccc(C)cc1. The summed E-state index contributed by atoms with van der Waals surface area (Å²) in [4.78, 5) is 4.65. The molecule has 2 aromatic carbocycles. The number of hydrogen-bond acceptors (Lipinski definition) is 4. The minimum absolute atomic E-state index is 0.0946. The van der Waals surface area contributed by atoms with Gasteiger partial charge in [0.2, 0.25) is 0 Å². The molecule has 1 aliphatic rings. The van der Waals surface area contributed by atoms with Crippen LogP contribution in [0.15, 0.2) is 47.5 Å². The van der Waals surface area contributed by atoms with Crippen molar-refractivity contribution in [1.82, 2.24) is 10.6 Å². The van der Waals surface area contributed by atoms with Crippen LogP contribution in [0.4, 0.5) is 0 Å². The van der Waals surface area contributed by atoms with E-state index in [-0.39, 0.29) is 11.9 Å². The zero-order valence-corrected chi connectivity index (χ0v) is 18.1. The molecule has 162 valence electrons. The number of ether oxygens (including phenoxy) is 2. The van der Waals surface area contributed by atoms with Crippen LogP contribution in [0.3, 0.4) is 0 Å². The van der Waals surface area contributed by atoms with Gasteiger partial charge in [0.05, 0.1) is 19.8 Å². The number of nitrogens with one attached hydrogen (secondary N) is 2. The number of rotatable bonds is 7. The van der Waals surface area contributed by atoms with Gasteiger partial charge in [-0.05, 0) is 50.5 Å². The lowest BCUT2D eigenvalue weighted by atomic mass is 9.89. The zero-order chi connectivity index (χ0) is 21.3. The van der Waals surface area contributed by atoms with Crippen LogP contribution < -0.4 is 15.4 Å². The Bertz CT molecular complexity index is 836. The highest BCUT2D eigenvalue weighted by Gasteiger charge is 2.27. The van der Waals surface area contributed by atoms with E-state index in [1.165, 1.54) is 11.1 Å². The van der Waals surface area contributed by atoms with Crippen molar-refractivity contribution >= 4 is 5.96 Å². The Labute approximate surface area is 179 Å². The molecule has 6 nitrogen and oxygen atoms in total. The van der Waals surface area contributed by atoms with Crippen molar-refractivity contribution < 1.29 is 14.6 Å². The lowest BCUT2D eigenvalue weighted by Gasteiger charge is -2.32. The Hall–Kier alpha value is -2.73. The molecule has 1 heterocycles. The largest absolute Gasteiger partial charge is 0.508 e. The number of benzene rings is 2. The van der Waals surface area contributed by atoms with E-state index in [1.807, 2.05) is 13.0 Å². The van der Waals surface area contributed by atoms with Gasteiger partial charge < -0.3 is 25.2 Å². The molecule has 2 aromatic rings. The summed E-state index contributed by atoms with van der Waals surface area (Å²) in [5, 5.41) is 16.9. The first-order valence-corrected chi connectivity index (χ1v) is 10.7. The molecule has 3 rings (SSSR count). The van der Waals surface area contributed by atoms with Crippen molar-refractivity contribution in [2.24, 2.45) is 10.9 Å². The van der Waals surface area contributed by atoms with Gasteiger partial charge in [-0.15, -0.1) is 0 Å². The summed E-state index contributed by atoms with van der Waals surface area (Å²) < 4.78 is 11.4. The number of phenols is 1. The minimum Gasteiger partial charge on any atom is -0.508 e. The summed E-state index contributed by atoms with van der Waals surface area (Å²) in [6.45, 7) is 6.84. The number of aliphatic imine (C=N–C) groups is 1. The minimum atomic E-state index is 0.0946. The van der Waals surface area contributed by atoms with E-state index in [4.69, 9.17) is 9.47 Å². The molecular formula is C24H33N3O3. The van der Waals surface area contributed by atoms with Crippen LogP contribution in [0.2, 0.25) is 0 Å². The van der Waals surface area contributed by atoms with E-state index < -0.39 is 0 Å². The third-order valence-corrected chi connectivity index (χ3v) is 5.42. The third-order valence-electron chi connectivity index (χ3n) is 5.42. The molecule has 0 bridgehead atoms. The molecule has 1 aliphatic heterocycles. The summed E-state index contributed by atoms with van der Waals surface area (Å²) in [5.74, 6) is 2.02. The lowest BCUT2D eigenvalue weighted by molar-refractivity contribution is -0.0265. The van der Waals surface area contributed by atoms with Gasteiger partial charge in [-0.3, -0.25) is 0 Å². The monoisotopic (exact) mass is 411 g/mol. The van der Waals surface area contributed by atoms with Crippen LogP contribution in [-0.4, -0.2) is 37.9 Å². The molecule has 0 aromatic heterocycles. The second-order valence-corrected chi connectivity index (χ2v) is 7.68. The topological polar surface area (TPSA) is 75.1 Å². The van der Waals surface area contributed by atoms with Gasteiger partial charge in [-0.2, -0.15) is 0 Å². The van der Waals surface area contributed by atoms with Crippen LogP contribution in [0, 0.1) is 12.8 Å². The fourth-order valence-corrected chi connectivity index (χ4v) is 3.73. The van der Waals surface area contributed by atoms with Gasteiger partial charge in [0.25, 0.3) is 0 Å². The van der Waals surface area contributed by atoms with E-state index in [0.29, 0.717) is 18.2 Å². The van der Waals surface area contributed by atoms with Crippen molar-refractivity contribution in [3.63, 3.8) is 0 Å². The highest BCUT2D eigenvalue weighted by molar-refractivity contribution is 5.79. The Morgan fingerprint density at radius 3 is 2.73 bits per heavy atom. The highest BCUT2D eigenvalue weighted by Crippen LogP contribution is 2.33. The van der Waals surface area contributed by atoms with E-state index in [1.54, 1.807) is 19.2 Å². The summed E-state index contributed by atoms with van der Waals surface area (Å²) in [6, 6.07) is 13.8. The Balaban J connectivity index is 1.66. The number of guanidine groups is 1. The Kier molecular flexibility index (Phi) is 7.97. The molecule has 1 saturated heterocycles. The van der Waals surface area contributed by atoms with Gasteiger partial charge in [0, 0.05) is 31.2 Å². The van der Waals surface area contributed by atoms with Crippen molar-refractivity contribution in [1.29, 1.82) is 0 Å². The van der Waals surface area contributed by atoms with Crippen molar-refractivity contribution in [3.05, 3.63) is 59.2 Å². The molecular weight excluding hydrogens is 378 g/mol. The highest BCUT2D eigenvalue weighted by atomic mass is 16.5. The van der Waals surface area contributed by atoms with Crippen LogP contribution >= 0.6 is 0 Å². The van der Waals surface area contributed by atoms with Gasteiger partial charge in [0.1, 0.15) is 11.5 Å². The summed E-state index contributed by atoms with van der Waals surface area (Å²) in [5.41, 5.74) is 3.21. The van der Waals surface area contributed by atoms with E-state index in [2.05, 4.69) is 46.8 Å². The van der Waals surface area contributed by atoms with Crippen molar-refractivity contribution in [2.45, 2.75) is 39.3 Å². The molecule has 1 fully saturated rings. The Morgan fingerprint density at radius 1 is 1.20 bits per heavy atom. The quantitative estimate of drug-likeness (QED) is 0.475. The zero-order valence-electron chi connectivity index (χ0n) is 18.1. The molecule has 0 amide bonds. The van der Waals surface area contributed by atoms with Crippen LogP contribution in [0.1, 0.15) is 42.6 Å². The first-order chi connectivity index (χ1) is 14.6. The Morgan fingerprint density at radius 2 is 2.00 bits per heavy atom. The number of aromatic hydroxyl groups is 1. The van der Waals surface area contributed by atoms with Crippen molar-refractivity contribution in [2.75, 3.05) is 26.8 Å². The van der Waals surface area contributed by atoms with E-state index in [9.17, 15) is 5.11 Å². The number of nitrogens with zero attached hydrogens (tertiary/aromatic N) is 1. The third kappa shape index (κ3) is 5.89. The average Bonchev–Trinajstić information content (AvgIpc) is 2.77. The summed E-state index contributed by atoms with van der Waals surface area (Å²) in [6.07, 6.45) is 2.28. The second kappa shape index (κ2) is 10.9. The predicted molar refractivity (Wildman–Crippen MR) is 120 cm³/mol. The molecule has 0 saturated carbocycles. The molecule has 0 radical (unpaired) electrons. The molecule has 3 N–H and O–H groups in total. The van der Waals surface area contributed by atoms with Crippen LogP contribution in [0.5, 0.6) is 11.5 Å². The molecule has 2 atom stereocenters. The molecule has 6 heteroatoms. The first-order valence-electron chi connectivity index (χ1n) is 10.7. The second-order valence-electron chi connectivity index (χ2n) is 7.68. The van der Waals surface area contributed by atoms with Crippen molar-refractivity contribution in [3.8, 4) is 11.5 Å². The normalized spacial score (nSPS) is 19.4. The molecule has 30 heavy (non-hydrogen) atoms. The number of phenolic OH excluding ortho intramolecular Hbond substituents is 1. The maximum atomic E-state index is 10.1. The summed E-state index contributed by atoms with van der Waals surface area (Å²) in [7, 11) is 1.61. The fourth-order valence-electron chi connectivity index (χ4n) is 3.73.